The van der Waals surface area contributed by atoms with Crippen molar-refractivity contribution < 1.29 is 9.15 Å². The fraction of sp³-hybridized carbons (Fsp3) is 0.308. The van der Waals surface area contributed by atoms with E-state index in [1.54, 1.807) is 6.07 Å². The second-order valence-electron chi connectivity index (χ2n) is 4.11. The topological polar surface area (TPSA) is 39.4 Å². The van der Waals surface area contributed by atoms with E-state index in [4.69, 9.17) is 9.15 Å². The third kappa shape index (κ3) is 2.70. The lowest BCUT2D eigenvalue weighted by molar-refractivity contribution is 0.310. The maximum atomic E-state index is 11.1. The summed E-state index contributed by atoms with van der Waals surface area (Å²) in [5, 5.41) is 0.899. The summed E-state index contributed by atoms with van der Waals surface area (Å²) in [5.74, 6) is 0.831. The molecule has 0 aliphatic heterocycles. The molecule has 0 spiro atoms. The van der Waals surface area contributed by atoms with E-state index in [1.807, 2.05) is 20.0 Å². The number of benzene rings is 1. The van der Waals surface area contributed by atoms with E-state index >= 15 is 0 Å². The highest BCUT2D eigenvalue weighted by Crippen LogP contribution is 2.17. The Balaban J connectivity index is 2.35. The monoisotopic (exact) mass is 230 g/mol. The predicted octanol–water partition coefficient (Wildman–Crippen LogP) is 1.23. The van der Waals surface area contributed by atoms with E-state index in [-0.39, 0.29) is 5.63 Å². The fourth-order valence-corrected chi connectivity index (χ4v) is 1.74. The lowest BCUT2D eigenvalue weighted by atomic mass is 9.93. The quantitative estimate of drug-likeness (QED) is 0.450. The van der Waals surface area contributed by atoms with Gasteiger partial charge in [-0.2, -0.15) is 0 Å². The highest BCUT2D eigenvalue weighted by molar-refractivity contribution is 6.38. The van der Waals surface area contributed by atoms with Crippen molar-refractivity contribution in [2.24, 2.45) is 0 Å². The molecule has 0 N–H and O–H groups in total. The Morgan fingerprint density at radius 3 is 2.94 bits per heavy atom. The maximum absolute atomic E-state index is 11.1. The minimum absolute atomic E-state index is 0.319. The Hall–Kier alpha value is -1.71. The second kappa shape index (κ2) is 5.08. The van der Waals surface area contributed by atoms with Gasteiger partial charge < -0.3 is 9.15 Å². The summed E-state index contributed by atoms with van der Waals surface area (Å²) in [6.45, 7) is 2.85. The molecule has 4 heteroatoms. The first-order chi connectivity index (χ1) is 8.20. The van der Waals surface area contributed by atoms with E-state index in [0.29, 0.717) is 5.58 Å². The molecule has 1 aromatic carbocycles. The SMILES string of the molecule is Bc1cc(OCCCC)cc2ccc(=O)oc12. The predicted molar refractivity (Wildman–Crippen MR) is 71.1 cm³/mol. The van der Waals surface area contributed by atoms with Crippen LogP contribution in [0, 0.1) is 0 Å². The third-order valence-electron chi connectivity index (χ3n) is 2.65. The van der Waals surface area contributed by atoms with Gasteiger partial charge in [-0.3, -0.25) is 0 Å². The molecule has 0 aliphatic carbocycles. The maximum Gasteiger partial charge on any atom is 0.336 e. The molecule has 0 bridgehead atoms. The average molecular weight is 230 g/mol. The van der Waals surface area contributed by atoms with E-state index in [1.165, 1.54) is 6.07 Å². The van der Waals surface area contributed by atoms with Crippen LogP contribution < -0.4 is 15.8 Å². The Labute approximate surface area is 101 Å². The summed E-state index contributed by atoms with van der Waals surface area (Å²) < 4.78 is 10.8. The number of ether oxygens (including phenoxy) is 1. The van der Waals surface area contributed by atoms with Crippen LogP contribution in [0.2, 0.25) is 0 Å². The van der Waals surface area contributed by atoms with Gasteiger partial charge in [-0.15, -0.1) is 0 Å². The number of hydrogen-bond donors (Lipinski definition) is 0. The zero-order chi connectivity index (χ0) is 12.3. The normalized spacial score (nSPS) is 10.6. The van der Waals surface area contributed by atoms with Crippen LogP contribution >= 0.6 is 0 Å². The lowest BCUT2D eigenvalue weighted by Gasteiger charge is -2.08. The average Bonchev–Trinajstić information content (AvgIpc) is 2.31. The molecule has 0 atom stereocenters. The molecule has 0 radical (unpaired) electrons. The Morgan fingerprint density at radius 2 is 2.18 bits per heavy atom. The van der Waals surface area contributed by atoms with Crippen LogP contribution in [0.25, 0.3) is 11.0 Å². The number of hydrogen-bond acceptors (Lipinski definition) is 3. The lowest BCUT2D eigenvalue weighted by Crippen LogP contribution is -2.09. The highest BCUT2D eigenvalue weighted by atomic mass is 16.5. The molecule has 3 nitrogen and oxygen atoms in total. The zero-order valence-corrected chi connectivity index (χ0v) is 10.2. The van der Waals surface area contributed by atoms with E-state index in [9.17, 15) is 4.79 Å². The summed E-state index contributed by atoms with van der Waals surface area (Å²) in [7, 11) is 1.91. The molecule has 17 heavy (non-hydrogen) atoms. The summed E-state index contributed by atoms with van der Waals surface area (Å²) in [6, 6.07) is 7.00. The molecule has 1 aromatic heterocycles. The zero-order valence-electron chi connectivity index (χ0n) is 10.2. The molecule has 0 saturated heterocycles. The molecule has 0 fully saturated rings. The van der Waals surface area contributed by atoms with Crippen LogP contribution in [0.1, 0.15) is 19.8 Å². The van der Waals surface area contributed by atoms with Gasteiger partial charge in [0, 0.05) is 11.5 Å². The number of fused-ring (bicyclic) bond motifs is 1. The van der Waals surface area contributed by atoms with Crippen molar-refractivity contribution in [2.75, 3.05) is 6.61 Å². The Morgan fingerprint density at radius 1 is 1.35 bits per heavy atom. The number of unbranched alkanes of at least 4 members (excludes halogenated alkanes) is 1. The van der Waals surface area contributed by atoms with Crippen LogP contribution in [0.5, 0.6) is 5.75 Å². The van der Waals surface area contributed by atoms with Crippen molar-refractivity contribution >= 4 is 24.3 Å². The van der Waals surface area contributed by atoms with Gasteiger partial charge in [-0.05, 0) is 30.1 Å². The first-order valence-corrected chi connectivity index (χ1v) is 5.88. The minimum Gasteiger partial charge on any atom is -0.494 e. The van der Waals surface area contributed by atoms with Gasteiger partial charge in [-0.1, -0.05) is 13.3 Å². The molecule has 2 aromatic rings. The van der Waals surface area contributed by atoms with Crippen molar-refractivity contribution in [1.29, 1.82) is 0 Å². The smallest absolute Gasteiger partial charge is 0.336 e. The van der Waals surface area contributed by atoms with Crippen LogP contribution in [0.4, 0.5) is 0 Å². The van der Waals surface area contributed by atoms with Crippen molar-refractivity contribution in [3.63, 3.8) is 0 Å². The van der Waals surface area contributed by atoms with Crippen molar-refractivity contribution in [1.82, 2.24) is 0 Å². The summed E-state index contributed by atoms with van der Waals surface area (Å²) in [6.07, 6.45) is 2.16. The van der Waals surface area contributed by atoms with E-state index in [2.05, 4.69) is 6.92 Å². The van der Waals surface area contributed by atoms with Gasteiger partial charge in [0.1, 0.15) is 19.2 Å². The molecular formula is C13H15BO3. The van der Waals surface area contributed by atoms with Crippen molar-refractivity contribution in [3.8, 4) is 5.75 Å². The van der Waals surface area contributed by atoms with Gasteiger partial charge >= 0.3 is 5.63 Å². The van der Waals surface area contributed by atoms with Gasteiger partial charge in [0.05, 0.1) is 6.61 Å². The van der Waals surface area contributed by atoms with Gasteiger partial charge in [0.15, 0.2) is 0 Å². The van der Waals surface area contributed by atoms with E-state index < -0.39 is 0 Å². The highest BCUT2D eigenvalue weighted by Gasteiger charge is 2.04. The minimum atomic E-state index is -0.319. The first kappa shape index (κ1) is 11.8. The van der Waals surface area contributed by atoms with Gasteiger partial charge in [0.2, 0.25) is 0 Å². The largest absolute Gasteiger partial charge is 0.494 e. The third-order valence-corrected chi connectivity index (χ3v) is 2.65. The molecule has 0 saturated carbocycles. The van der Waals surface area contributed by atoms with Crippen LogP contribution in [0.15, 0.2) is 33.5 Å². The van der Waals surface area contributed by atoms with Crippen LogP contribution in [0.3, 0.4) is 0 Å². The Kier molecular flexibility index (Phi) is 3.52. The summed E-state index contributed by atoms with van der Waals surface area (Å²) in [5.41, 5.74) is 1.24. The molecule has 1 heterocycles. The van der Waals surface area contributed by atoms with Crippen LogP contribution in [-0.4, -0.2) is 14.5 Å². The van der Waals surface area contributed by atoms with Crippen LogP contribution in [-0.2, 0) is 0 Å². The molecule has 2 rings (SSSR count). The van der Waals surface area contributed by atoms with Gasteiger partial charge in [-0.25, -0.2) is 4.79 Å². The number of rotatable bonds is 4. The molecule has 0 aliphatic rings. The van der Waals surface area contributed by atoms with Crippen molar-refractivity contribution in [2.45, 2.75) is 19.8 Å². The summed E-state index contributed by atoms with van der Waals surface area (Å²) >= 11 is 0. The van der Waals surface area contributed by atoms with E-state index in [0.717, 1.165) is 36.0 Å². The fourth-order valence-electron chi connectivity index (χ4n) is 1.74. The molecule has 0 unspecified atom stereocenters. The first-order valence-electron chi connectivity index (χ1n) is 5.88. The van der Waals surface area contributed by atoms with Gasteiger partial charge in [0.25, 0.3) is 0 Å². The standard InChI is InChI=1S/C13H15BO3/c1-2-3-6-16-10-7-9-4-5-12(15)17-13(9)11(14)8-10/h4-5,7-8H,2-3,6,14H2,1H3. The summed E-state index contributed by atoms with van der Waals surface area (Å²) in [4.78, 5) is 11.1. The molecular weight excluding hydrogens is 215 g/mol. The Bertz CT molecular complexity index is 574. The van der Waals surface area contributed by atoms with Crippen molar-refractivity contribution in [3.05, 3.63) is 34.7 Å². The molecule has 0 amide bonds. The second-order valence-corrected chi connectivity index (χ2v) is 4.11. The molecule has 88 valence electrons.